The van der Waals surface area contributed by atoms with Crippen LogP contribution < -0.4 is 32.3 Å². The zero-order chi connectivity index (χ0) is 17.9. The van der Waals surface area contributed by atoms with Crippen molar-refractivity contribution in [2.75, 3.05) is 79.1 Å². The molecule has 0 rings (SSSR count). The van der Waals surface area contributed by atoms with E-state index in [9.17, 15) is 0 Å². The first-order valence-corrected chi connectivity index (χ1v) is 12.5. The Balaban J connectivity index is 3.05. The summed E-state index contributed by atoms with van der Waals surface area (Å²) in [6.07, 6.45) is 1.21. The number of nitrogens with one attached hydrogen (secondary N) is 5. The van der Waals surface area contributed by atoms with Crippen molar-refractivity contribution in [2.45, 2.75) is 25.6 Å². The Hall–Kier alpha value is -0.0631. The Morgan fingerprint density at radius 2 is 1.04 bits per heavy atom. The minimum atomic E-state index is -1.36. The zero-order valence-corrected chi connectivity index (χ0v) is 17.2. The lowest BCUT2D eigenvalue weighted by atomic mass is 10.4. The van der Waals surface area contributed by atoms with Gasteiger partial charge in [-0.15, -0.1) is 0 Å². The smallest absolute Gasteiger partial charge is 0.186 e. The summed E-state index contributed by atoms with van der Waals surface area (Å²) in [6.45, 7) is 15.3. The maximum atomic E-state index is 5.55. The van der Waals surface area contributed by atoms with Gasteiger partial charge < -0.3 is 36.7 Å². The number of nitrogens with two attached hydrogens (primary N) is 1. The standard InChI is InChI=1S/C16H42N6OSi/c1-23-24(2,3)16-4-6-18-8-10-20-12-14-22-15-13-21-11-9-19-7-5-17/h18-22H,4-17H2,1-3H3. The summed E-state index contributed by atoms with van der Waals surface area (Å²) in [6, 6.07) is 1.23. The second kappa shape index (κ2) is 17.8. The normalized spacial score (nSPS) is 12.0. The van der Waals surface area contributed by atoms with Crippen molar-refractivity contribution in [2.24, 2.45) is 5.73 Å². The molecule has 0 saturated carbocycles. The molecule has 8 heteroatoms. The molecular weight excluding hydrogens is 320 g/mol. The number of hydrogen-bond acceptors (Lipinski definition) is 7. The molecule has 0 amide bonds. The van der Waals surface area contributed by atoms with E-state index in [1.165, 1.54) is 12.5 Å². The van der Waals surface area contributed by atoms with Gasteiger partial charge >= 0.3 is 0 Å². The Labute approximate surface area is 150 Å². The number of hydrogen-bond donors (Lipinski definition) is 6. The van der Waals surface area contributed by atoms with E-state index in [0.29, 0.717) is 6.54 Å². The second-order valence-electron chi connectivity index (χ2n) is 6.61. The first kappa shape index (κ1) is 23.9. The van der Waals surface area contributed by atoms with Crippen molar-refractivity contribution in [3.63, 3.8) is 0 Å². The highest BCUT2D eigenvalue weighted by molar-refractivity contribution is 6.71. The summed E-state index contributed by atoms with van der Waals surface area (Å²) in [5.41, 5.74) is 5.40. The van der Waals surface area contributed by atoms with Crippen LogP contribution >= 0.6 is 0 Å². The SMILES string of the molecule is CO[Si](C)(C)CCCNCCNCCNCCNCCNCCN. The summed E-state index contributed by atoms with van der Waals surface area (Å²) in [4.78, 5) is 0. The van der Waals surface area contributed by atoms with Gasteiger partial charge in [-0.3, -0.25) is 0 Å². The second-order valence-corrected chi connectivity index (χ2v) is 11.0. The van der Waals surface area contributed by atoms with Crippen molar-refractivity contribution in [1.82, 2.24) is 26.6 Å². The van der Waals surface area contributed by atoms with E-state index in [0.717, 1.165) is 65.4 Å². The molecule has 7 N–H and O–H groups in total. The van der Waals surface area contributed by atoms with E-state index >= 15 is 0 Å². The molecule has 0 heterocycles. The average Bonchev–Trinajstić information content (AvgIpc) is 2.57. The molecule has 0 aromatic heterocycles. The third-order valence-electron chi connectivity index (χ3n) is 3.92. The molecule has 0 aromatic carbocycles. The predicted octanol–water partition coefficient (Wildman–Crippen LogP) is -0.865. The highest BCUT2D eigenvalue weighted by Gasteiger charge is 2.18. The summed E-state index contributed by atoms with van der Waals surface area (Å²) < 4.78 is 5.55. The Bertz CT molecular complexity index is 259. The first-order valence-electron chi connectivity index (χ1n) is 9.41. The Kier molecular flexibility index (Phi) is 17.7. The van der Waals surface area contributed by atoms with Gasteiger partial charge in [-0.05, 0) is 32.1 Å². The Morgan fingerprint density at radius 3 is 1.42 bits per heavy atom. The Morgan fingerprint density at radius 1 is 0.667 bits per heavy atom. The molecule has 0 aliphatic heterocycles. The van der Waals surface area contributed by atoms with Crippen LogP contribution in [0, 0.1) is 0 Å². The molecule has 0 aromatic rings. The minimum absolute atomic E-state index is 0.706. The quantitative estimate of drug-likeness (QED) is 0.131. The van der Waals surface area contributed by atoms with Crippen LogP contribution in [0.25, 0.3) is 0 Å². The molecule has 0 unspecified atom stereocenters. The van der Waals surface area contributed by atoms with Gasteiger partial charge in [0.2, 0.25) is 0 Å². The minimum Gasteiger partial charge on any atom is -0.420 e. The third kappa shape index (κ3) is 18.3. The number of rotatable bonds is 19. The van der Waals surface area contributed by atoms with Crippen molar-refractivity contribution >= 4 is 8.32 Å². The lowest BCUT2D eigenvalue weighted by molar-refractivity contribution is 0.401. The molecule has 24 heavy (non-hydrogen) atoms. The van der Waals surface area contributed by atoms with Crippen molar-refractivity contribution < 1.29 is 4.43 Å². The summed E-state index contributed by atoms with van der Waals surface area (Å²) in [5, 5.41) is 17.0. The third-order valence-corrected chi connectivity index (χ3v) is 6.58. The van der Waals surface area contributed by atoms with E-state index in [1.807, 2.05) is 7.11 Å². The maximum Gasteiger partial charge on any atom is 0.186 e. The van der Waals surface area contributed by atoms with Crippen LogP contribution in [0.1, 0.15) is 6.42 Å². The molecule has 0 aliphatic rings. The van der Waals surface area contributed by atoms with Crippen LogP contribution in [0.4, 0.5) is 0 Å². The van der Waals surface area contributed by atoms with Crippen LogP contribution in [0.5, 0.6) is 0 Å². The molecule has 0 bridgehead atoms. The van der Waals surface area contributed by atoms with Gasteiger partial charge in [0.25, 0.3) is 0 Å². The molecule has 7 nitrogen and oxygen atoms in total. The van der Waals surface area contributed by atoms with Gasteiger partial charge in [0.1, 0.15) is 0 Å². The van der Waals surface area contributed by atoms with E-state index in [1.54, 1.807) is 0 Å². The van der Waals surface area contributed by atoms with E-state index in [-0.39, 0.29) is 0 Å². The molecule has 0 atom stereocenters. The van der Waals surface area contributed by atoms with Gasteiger partial charge in [-0.1, -0.05) is 0 Å². The van der Waals surface area contributed by atoms with Gasteiger partial charge in [-0.25, -0.2) is 0 Å². The van der Waals surface area contributed by atoms with Crippen LogP contribution in [-0.4, -0.2) is 87.4 Å². The van der Waals surface area contributed by atoms with Gasteiger partial charge in [0.15, 0.2) is 8.32 Å². The van der Waals surface area contributed by atoms with Gasteiger partial charge in [0, 0.05) is 72.6 Å². The van der Waals surface area contributed by atoms with Gasteiger partial charge in [0.05, 0.1) is 0 Å². The summed E-state index contributed by atoms with van der Waals surface area (Å²) >= 11 is 0. The van der Waals surface area contributed by atoms with Crippen LogP contribution in [-0.2, 0) is 4.43 Å². The highest BCUT2D eigenvalue weighted by Crippen LogP contribution is 2.11. The fraction of sp³-hybridized carbons (Fsp3) is 1.00. The summed E-state index contributed by atoms with van der Waals surface area (Å²) in [7, 11) is 0.478. The molecule has 0 spiro atoms. The molecule has 0 saturated heterocycles. The van der Waals surface area contributed by atoms with Crippen molar-refractivity contribution in [3.05, 3.63) is 0 Å². The highest BCUT2D eigenvalue weighted by atomic mass is 28.4. The predicted molar refractivity (Wildman–Crippen MR) is 107 cm³/mol. The zero-order valence-electron chi connectivity index (χ0n) is 16.2. The van der Waals surface area contributed by atoms with Crippen LogP contribution in [0.2, 0.25) is 19.1 Å². The van der Waals surface area contributed by atoms with Crippen molar-refractivity contribution in [1.29, 1.82) is 0 Å². The van der Waals surface area contributed by atoms with Crippen molar-refractivity contribution in [3.8, 4) is 0 Å². The fourth-order valence-corrected chi connectivity index (χ4v) is 3.41. The lowest BCUT2D eigenvalue weighted by Crippen LogP contribution is -2.37. The molecule has 0 fully saturated rings. The first-order chi connectivity index (χ1) is 11.6. The topological polar surface area (TPSA) is 95.4 Å². The molecule has 0 aliphatic carbocycles. The van der Waals surface area contributed by atoms with Gasteiger partial charge in [-0.2, -0.15) is 0 Å². The largest absolute Gasteiger partial charge is 0.420 e. The monoisotopic (exact) mass is 362 g/mol. The average molecular weight is 363 g/mol. The van der Waals surface area contributed by atoms with E-state index in [4.69, 9.17) is 10.2 Å². The summed E-state index contributed by atoms with van der Waals surface area (Å²) in [5.74, 6) is 0. The lowest BCUT2D eigenvalue weighted by Gasteiger charge is -2.19. The van der Waals surface area contributed by atoms with Crippen LogP contribution in [0.3, 0.4) is 0 Å². The van der Waals surface area contributed by atoms with E-state index in [2.05, 4.69) is 39.7 Å². The molecule has 146 valence electrons. The molecule has 0 radical (unpaired) electrons. The molecular formula is C16H42N6OSi. The maximum absolute atomic E-state index is 5.55. The van der Waals surface area contributed by atoms with E-state index < -0.39 is 8.32 Å². The fourth-order valence-electron chi connectivity index (χ4n) is 2.18. The van der Waals surface area contributed by atoms with Crippen LogP contribution in [0.15, 0.2) is 0 Å².